The number of Topliss-reactive ketones (excluding diaryl/α,β-unsaturated/α-hetero) is 1. The highest BCUT2D eigenvalue weighted by atomic mass is 16.2. The van der Waals surface area contributed by atoms with Crippen LogP contribution < -0.4 is 9.88 Å². The maximum Gasteiger partial charge on any atom is 0.290 e. The van der Waals surface area contributed by atoms with E-state index in [4.69, 9.17) is 0 Å². The average Bonchev–Trinajstić information content (AvgIpc) is 2.48. The molecular formula is C17H19N2O2+. The van der Waals surface area contributed by atoms with Crippen LogP contribution in [0.15, 0.2) is 48.8 Å². The topological polar surface area (TPSA) is 50.0 Å². The Labute approximate surface area is 124 Å². The van der Waals surface area contributed by atoms with Gasteiger partial charge in [0.2, 0.25) is 6.54 Å². The van der Waals surface area contributed by atoms with E-state index in [0.29, 0.717) is 11.3 Å². The van der Waals surface area contributed by atoms with Crippen molar-refractivity contribution in [2.45, 2.75) is 26.8 Å². The Morgan fingerprint density at radius 1 is 1.14 bits per heavy atom. The normalized spacial score (nSPS) is 10.2. The number of aryl methyl sites for hydroxylation is 1. The molecule has 0 fully saturated rings. The lowest BCUT2D eigenvalue weighted by molar-refractivity contribution is -0.684. The molecule has 0 bridgehead atoms. The molecular weight excluding hydrogens is 264 g/mol. The van der Waals surface area contributed by atoms with Crippen molar-refractivity contribution in [3.63, 3.8) is 0 Å². The smallest absolute Gasteiger partial charge is 0.290 e. The van der Waals surface area contributed by atoms with Crippen molar-refractivity contribution in [2.75, 3.05) is 5.32 Å². The largest absolute Gasteiger partial charge is 0.321 e. The molecule has 1 aromatic heterocycles. The Bertz CT molecular complexity index is 648. The number of ketones is 1. The molecule has 21 heavy (non-hydrogen) atoms. The average molecular weight is 283 g/mol. The predicted molar refractivity (Wildman–Crippen MR) is 81.1 cm³/mol. The van der Waals surface area contributed by atoms with Crippen molar-refractivity contribution in [3.05, 3.63) is 59.9 Å². The zero-order valence-corrected chi connectivity index (χ0v) is 12.3. The Morgan fingerprint density at radius 2 is 1.86 bits per heavy atom. The van der Waals surface area contributed by atoms with Crippen LogP contribution in [0.4, 0.5) is 5.69 Å². The second-order valence-corrected chi connectivity index (χ2v) is 4.92. The molecule has 1 heterocycles. The molecule has 1 N–H and O–H groups in total. The summed E-state index contributed by atoms with van der Waals surface area (Å²) in [6, 6.07) is 11.0. The number of carbonyl (C=O) groups excluding carboxylic acids is 2. The fourth-order valence-corrected chi connectivity index (χ4v) is 2.01. The quantitative estimate of drug-likeness (QED) is 0.676. The van der Waals surface area contributed by atoms with Gasteiger partial charge in [-0.15, -0.1) is 0 Å². The van der Waals surface area contributed by atoms with Crippen LogP contribution in [-0.4, -0.2) is 11.7 Å². The van der Waals surface area contributed by atoms with E-state index >= 15 is 0 Å². The van der Waals surface area contributed by atoms with E-state index in [2.05, 4.69) is 12.2 Å². The van der Waals surface area contributed by atoms with E-state index in [1.165, 1.54) is 12.5 Å². The lowest BCUT2D eigenvalue weighted by Crippen LogP contribution is -2.39. The Morgan fingerprint density at radius 3 is 2.48 bits per heavy atom. The van der Waals surface area contributed by atoms with E-state index in [1.54, 1.807) is 24.3 Å². The van der Waals surface area contributed by atoms with Gasteiger partial charge >= 0.3 is 0 Å². The zero-order valence-electron chi connectivity index (χ0n) is 12.3. The van der Waals surface area contributed by atoms with Gasteiger partial charge in [-0.05, 0) is 31.0 Å². The van der Waals surface area contributed by atoms with Gasteiger partial charge in [0.1, 0.15) is 0 Å². The molecule has 0 aliphatic heterocycles. The number of anilines is 1. The van der Waals surface area contributed by atoms with Gasteiger partial charge in [-0.1, -0.05) is 19.1 Å². The lowest BCUT2D eigenvalue weighted by Gasteiger charge is -2.04. The summed E-state index contributed by atoms with van der Waals surface area (Å²) in [6.07, 6.45) is 4.76. The second-order valence-electron chi connectivity index (χ2n) is 4.92. The molecule has 2 aromatic rings. The van der Waals surface area contributed by atoms with Crippen molar-refractivity contribution in [3.8, 4) is 0 Å². The number of benzene rings is 1. The molecule has 4 heteroatoms. The number of nitrogens with zero attached hydrogens (tertiary/aromatic N) is 1. The molecule has 2 rings (SSSR count). The van der Waals surface area contributed by atoms with E-state index in [0.717, 1.165) is 6.42 Å². The van der Waals surface area contributed by atoms with Crippen LogP contribution in [0.3, 0.4) is 0 Å². The first-order chi connectivity index (χ1) is 10.1. The molecule has 0 saturated carbocycles. The van der Waals surface area contributed by atoms with Crippen LogP contribution in [0.1, 0.15) is 29.8 Å². The maximum atomic E-state index is 12.0. The third kappa shape index (κ3) is 4.24. The predicted octanol–water partition coefficient (Wildman–Crippen LogP) is 2.38. The SMILES string of the molecule is CCc1cc[n+](CC(=O)Nc2cccc(C(C)=O)c2)cc1. The summed E-state index contributed by atoms with van der Waals surface area (Å²) in [5.41, 5.74) is 2.46. The molecule has 4 nitrogen and oxygen atoms in total. The molecule has 0 atom stereocenters. The summed E-state index contributed by atoms with van der Waals surface area (Å²) >= 11 is 0. The molecule has 0 spiro atoms. The summed E-state index contributed by atoms with van der Waals surface area (Å²) < 4.78 is 1.82. The molecule has 108 valence electrons. The minimum absolute atomic E-state index is 0.0179. The fourth-order valence-electron chi connectivity index (χ4n) is 2.01. The molecule has 0 aliphatic rings. The van der Waals surface area contributed by atoms with Crippen molar-refractivity contribution in [1.29, 1.82) is 0 Å². The number of aromatic nitrogens is 1. The van der Waals surface area contributed by atoms with Crippen molar-refractivity contribution >= 4 is 17.4 Å². The minimum atomic E-state index is -0.120. The van der Waals surface area contributed by atoms with Crippen LogP contribution in [0.25, 0.3) is 0 Å². The summed E-state index contributed by atoms with van der Waals surface area (Å²) in [4.78, 5) is 23.3. The second kappa shape index (κ2) is 6.79. The summed E-state index contributed by atoms with van der Waals surface area (Å²) in [5, 5.41) is 2.80. The van der Waals surface area contributed by atoms with Crippen molar-refractivity contribution < 1.29 is 14.2 Å². The highest BCUT2D eigenvalue weighted by Gasteiger charge is 2.10. The first-order valence-corrected chi connectivity index (χ1v) is 6.97. The van der Waals surface area contributed by atoms with Gasteiger partial charge in [-0.2, -0.15) is 4.57 Å². The number of rotatable bonds is 5. The van der Waals surface area contributed by atoms with Gasteiger partial charge in [0.05, 0.1) is 0 Å². The van der Waals surface area contributed by atoms with E-state index < -0.39 is 0 Å². The fraction of sp³-hybridized carbons (Fsp3) is 0.235. The molecule has 1 aromatic carbocycles. The van der Waals surface area contributed by atoms with Crippen LogP contribution in [0.5, 0.6) is 0 Å². The van der Waals surface area contributed by atoms with Crippen LogP contribution >= 0.6 is 0 Å². The Kier molecular flexibility index (Phi) is 4.82. The van der Waals surface area contributed by atoms with E-state index in [9.17, 15) is 9.59 Å². The first-order valence-electron chi connectivity index (χ1n) is 6.97. The highest BCUT2D eigenvalue weighted by Crippen LogP contribution is 2.11. The van der Waals surface area contributed by atoms with Gasteiger partial charge < -0.3 is 5.32 Å². The third-order valence-electron chi connectivity index (χ3n) is 3.25. The number of pyridine rings is 1. The standard InChI is InChI=1S/C17H18N2O2/c1-3-14-7-9-19(10-8-14)12-17(21)18-16-6-4-5-15(11-16)13(2)20/h4-11H,3,12H2,1-2H3/p+1. The first kappa shape index (κ1) is 14.9. The van der Waals surface area contributed by atoms with Gasteiger partial charge in [0.25, 0.3) is 5.91 Å². The molecule has 0 aliphatic carbocycles. The number of hydrogen-bond acceptors (Lipinski definition) is 2. The Hall–Kier alpha value is -2.49. The summed E-state index contributed by atoms with van der Waals surface area (Å²) in [7, 11) is 0. The lowest BCUT2D eigenvalue weighted by atomic mass is 10.1. The summed E-state index contributed by atoms with van der Waals surface area (Å²) in [6.45, 7) is 3.84. The molecule has 0 saturated heterocycles. The number of amides is 1. The minimum Gasteiger partial charge on any atom is -0.321 e. The van der Waals surface area contributed by atoms with Crippen LogP contribution in [0.2, 0.25) is 0 Å². The van der Waals surface area contributed by atoms with Crippen LogP contribution in [-0.2, 0) is 17.8 Å². The van der Waals surface area contributed by atoms with Crippen molar-refractivity contribution in [2.24, 2.45) is 0 Å². The van der Waals surface area contributed by atoms with Crippen LogP contribution in [0, 0.1) is 0 Å². The molecule has 1 amide bonds. The highest BCUT2D eigenvalue weighted by molar-refractivity contribution is 5.96. The maximum absolute atomic E-state index is 12.0. The molecule has 0 unspecified atom stereocenters. The number of carbonyl (C=O) groups is 2. The third-order valence-corrected chi connectivity index (χ3v) is 3.25. The number of hydrogen-bond donors (Lipinski definition) is 1. The van der Waals surface area contributed by atoms with Crippen molar-refractivity contribution in [1.82, 2.24) is 0 Å². The van der Waals surface area contributed by atoms with E-state index in [1.807, 2.05) is 29.1 Å². The Balaban J connectivity index is 2.00. The number of nitrogens with one attached hydrogen (secondary N) is 1. The van der Waals surface area contributed by atoms with Gasteiger partial charge in [-0.3, -0.25) is 9.59 Å². The monoisotopic (exact) mass is 283 g/mol. The zero-order chi connectivity index (χ0) is 15.2. The van der Waals surface area contributed by atoms with Gasteiger partial charge in [0.15, 0.2) is 18.2 Å². The summed E-state index contributed by atoms with van der Waals surface area (Å²) in [5.74, 6) is -0.138. The van der Waals surface area contributed by atoms with Gasteiger partial charge in [0, 0.05) is 23.4 Å². The van der Waals surface area contributed by atoms with Gasteiger partial charge in [-0.25, -0.2) is 0 Å². The van der Waals surface area contributed by atoms with E-state index in [-0.39, 0.29) is 18.2 Å². The molecule has 0 radical (unpaired) electrons.